The van der Waals surface area contributed by atoms with Crippen LogP contribution >= 0.6 is 0 Å². The fourth-order valence-electron chi connectivity index (χ4n) is 1.39. The summed E-state index contributed by atoms with van der Waals surface area (Å²) in [5.41, 5.74) is 3.25. The Labute approximate surface area is 71.2 Å². The third-order valence-corrected chi connectivity index (χ3v) is 1.95. The summed E-state index contributed by atoms with van der Waals surface area (Å²) in [6, 6.07) is 10.1. The van der Waals surface area contributed by atoms with Crippen molar-refractivity contribution in [1.82, 2.24) is 0 Å². The molecule has 1 aromatic carbocycles. The second-order valence-corrected chi connectivity index (χ2v) is 2.82. The highest BCUT2D eigenvalue weighted by molar-refractivity contribution is 5.95. The Morgan fingerprint density at radius 2 is 2.25 bits per heavy atom. The number of hydrogen-bond donors (Lipinski definition) is 0. The summed E-state index contributed by atoms with van der Waals surface area (Å²) >= 11 is 0. The van der Waals surface area contributed by atoms with Crippen LogP contribution in [0.15, 0.2) is 29.3 Å². The fourth-order valence-corrected chi connectivity index (χ4v) is 1.39. The number of aliphatic imine (C=N–C) groups is 1. The first kappa shape index (κ1) is 7.05. The highest BCUT2D eigenvalue weighted by Crippen LogP contribution is 2.26. The topological polar surface area (TPSA) is 36.1 Å². The van der Waals surface area contributed by atoms with Gasteiger partial charge in [-0.25, -0.2) is 0 Å². The summed E-state index contributed by atoms with van der Waals surface area (Å²) in [6.45, 7) is 0. The van der Waals surface area contributed by atoms with Crippen LogP contribution in [0.1, 0.15) is 12.0 Å². The van der Waals surface area contributed by atoms with Crippen molar-refractivity contribution in [2.24, 2.45) is 4.99 Å². The number of benzene rings is 1. The summed E-state index contributed by atoms with van der Waals surface area (Å²) in [5.74, 6) is 0. The molecule has 0 fully saturated rings. The molecule has 1 aliphatic rings. The highest BCUT2D eigenvalue weighted by atomic mass is 14.8. The zero-order chi connectivity index (χ0) is 8.39. The minimum Gasteiger partial charge on any atom is -0.256 e. The van der Waals surface area contributed by atoms with Crippen LogP contribution in [0.4, 0.5) is 5.69 Å². The van der Waals surface area contributed by atoms with Crippen LogP contribution in [-0.4, -0.2) is 5.71 Å². The van der Waals surface area contributed by atoms with E-state index >= 15 is 0 Å². The largest absolute Gasteiger partial charge is 0.256 e. The molecule has 0 spiro atoms. The van der Waals surface area contributed by atoms with Gasteiger partial charge >= 0.3 is 0 Å². The molecule has 2 nitrogen and oxygen atoms in total. The molecule has 0 N–H and O–H groups in total. The minimum absolute atomic E-state index is 0.453. The van der Waals surface area contributed by atoms with E-state index < -0.39 is 0 Å². The molecule has 0 amide bonds. The van der Waals surface area contributed by atoms with E-state index in [1.54, 1.807) is 0 Å². The lowest BCUT2D eigenvalue weighted by molar-refractivity contribution is 1.31. The van der Waals surface area contributed by atoms with Crippen LogP contribution in [0.5, 0.6) is 0 Å². The van der Waals surface area contributed by atoms with Crippen molar-refractivity contribution in [1.29, 1.82) is 5.26 Å². The van der Waals surface area contributed by atoms with Gasteiger partial charge in [-0.05, 0) is 11.6 Å². The van der Waals surface area contributed by atoms with E-state index in [4.69, 9.17) is 5.26 Å². The number of nitriles is 1. The highest BCUT2D eigenvalue weighted by Gasteiger charge is 2.12. The number of rotatable bonds is 1. The summed E-state index contributed by atoms with van der Waals surface area (Å²) < 4.78 is 0. The molecule has 0 saturated heterocycles. The maximum atomic E-state index is 8.47. The molecule has 1 aromatic rings. The van der Waals surface area contributed by atoms with Gasteiger partial charge in [0.25, 0.3) is 0 Å². The van der Waals surface area contributed by atoms with Crippen LogP contribution in [0.3, 0.4) is 0 Å². The maximum absolute atomic E-state index is 8.47. The summed E-state index contributed by atoms with van der Waals surface area (Å²) in [7, 11) is 0. The molecule has 0 unspecified atom stereocenters. The van der Waals surface area contributed by atoms with Crippen LogP contribution < -0.4 is 0 Å². The average Bonchev–Trinajstić information content (AvgIpc) is 2.47. The van der Waals surface area contributed by atoms with Gasteiger partial charge in [0.1, 0.15) is 0 Å². The Balaban J connectivity index is 2.30. The first-order valence-corrected chi connectivity index (χ1v) is 3.91. The van der Waals surface area contributed by atoms with Crippen LogP contribution in [0.25, 0.3) is 0 Å². The maximum Gasteiger partial charge on any atom is 0.0739 e. The lowest BCUT2D eigenvalue weighted by atomic mass is 10.1. The Morgan fingerprint density at radius 1 is 1.42 bits per heavy atom. The van der Waals surface area contributed by atoms with Gasteiger partial charge in [-0.2, -0.15) is 5.26 Å². The molecule has 0 bridgehead atoms. The molecule has 58 valence electrons. The second-order valence-electron chi connectivity index (χ2n) is 2.82. The normalized spacial score (nSPS) is 13.4. The van der Waals surface area contributed by atoms with Crippen molar-refractivity contribution in [3.63, 3.8) is 0 Å². The van der Waals surface area contributed by atoms with Crippen molar-refractivity contribution in [2.75, 3.05) is 0 Å². The number of para-hydroxylation sites is 1. The molecule has 12 heavy (non-hydrogen) atoms. The molecule has 0 atom stereocenters. The molecule has 0 aromatic heterocycles. The van der Waals surface area contributed by atoms with Crippen molar-refractivity contribution >= 4 is 11.4 Å². The third-order valence-electron chi connectivity index (χ3n) is 1.95. The number of hydrogen-bond acceptors (Lipinski definition) is 2. The van der Waals surface area contributed by atoms with Gasteiger partial charge in [0, 0.05) is 12.1 Å². The molecule has 0 radical (unpaired) electrons. The molecule has 0 aliphatic carbocycles. The van der Waals surface area contributed by atoms with E-state index in [0.29, 0.717) is 6.42 Å². The van der Waals surface area contributed by atoms with Gasteiger partial charge in [0.2, 0.25) is 0 Å². The van der Waals surface area contributed by atoms with Crippen LogP contribution in [-0.2, 0) is 6.42 Å². The first-order chi connectivity index (χ1) is 5.90. The van der Waals surface area contributed by atoms with Gasteiger partial charge in [-0.15, -0.1) is 0 Å². The first-order valence-electron chi connectivity index (χ1n) is 3.91. The molecular weight excluding hydrogens is 148 g/mol. The lowest BCUT2D eigenvalue weighted by Crippen LogP contribution is -1.94. The van der Waals surface area contributed by atoms with Crippen LogP contribution in [0.2, 0.25) is 0 Å². The van der Waals surface area contributed by atoms with Crippen molar-refractivity contribution in [3.05, 3.63) is 29.8 Å². The zero-order valence-electron chi connectivity index (χ0n) is 6.62. The Morgan fingerprint density at radius 3 is 3.00 bits per heavy atom. The monoisotopic (exact) mass is 156 g/mol. The van der Waals surface area contributed by atoms with E-state index in [2.05, 4.69) is 17.1 Å². The Bertz CT molecular complexity index is 372. The van der Waals surface area contributed by atoms with Crippen molar-refractivity contribution in [2.45, 2.75) is 12.8 Å². The number of nitrogens with zero attached hydrogens (tertiary/aromatic N) is 2. The predicted octanol–water partition coefficient (Wildman–Crippen LogP) is 2.23. The van der Waals surface area contributed by atoms with E-state index in [1.807, 2.05) is 18.2 Å². The predicted molar refractivity (Wildman–Crippen MR) is 47.5 cm³/mol. The van der Waals surface area contributed by atoms with Crippen molar-refractivity contribution in [3.8, 4) is 6.07 Å². The average molecular weight is 156 g/mol. The van der Waals surface area contributed by atoms with Crippen LogP contribution in [0, 0.1) is 11.3 Å². The molecule has 2 heteroatoms. The quantitative estimate of drug-likeness (QED) is 0.614. The van der Waals surface area contributed by atoms with Crippen molar-refractivity contribution < 1.29 is 0 Å². The summed E-state index contributed by atoms with van der Waals surface area (Å²) in [4.78, 5) is 4.34. The molecular formula is C10H8N2. The van der Waals surface area contributed by atoms with E-state index in [-0.39, 0.29) is 0 Å². The summed E-state index contributed by atoms with van der Waals surface area (Å²) in [6.07, 6.45) is 1.30. The van der Waals surface area contributed by atoms with Gasteiger partial charge < -0.3 is 0 Å². The Hall–Kier alpha value is -1.62. The van der Waals surface area contributed by atoms with E-state index in [9.17, 15) is 0 Å². The molecule has 1 aliphatic heterocycles. The van der Waals surface area contributed by atoms with E-state index in [1.165, 1.54) is 5.56 Å². The fraction of sp³-hybridized carbons (Fsp3) is 0.200. The molecule has 0 saturated carbocycles. The number of fused-ring (bicyclic) bond motifs is 1. The standard InChI is InChI=1S/C10H8N2/c11-6-5-9-7-8-3-1-2-4-10(8)12-9/h1-4H,5,7H2. The second kappa shape index (κ2) is 2.78. The molecule has 2 rings (SSSR count). The SMILES string of the molecule is N#CCC1=Nc2ccccc2C1. The minimum atomic E-state index is 0.453. The smallest absolute Gasteiger partial charge is 0.0739 e. The zero-order valence-corrected chi connectivity index (χ0v) is 6.62. The van der Waals surface area contributed by atoms with Gasteiger partial charge in [0.15, 0.2) is 0 Å². The molecule has 1 heterocycles. The van der Waals surface area contributed by atoms with E-state index in [0.717, 1.165) is 17.8 Å². The Kier molecular flexibility index (Phi) is 1.64. The van der Waals surface area contributed by atoms with Gasteiger partial charge in [-0.1, -0.05) is 18.2 Å². The third kappa shape index (κ3) is 1.10. The lowest BCUT2D eigenvalue weighted by Gasteiger charge is -1.92. The summed E-state index contributed by atoms with van der Waals surface area (Å²) in [5, 5.41) is 8.47. The van der Waals surface area contributed by atoms with Gasteiger partial charge in [-0.3, -0.25) is 4.99 Å². The van der Waals surface area contributed by atoms with Gasteiger partial charge in [0.05, 0.1) is 18.2 Å².